The summed E-state index contributed by atoms with van der Waals surface area (Å²) < 4.78 is 32.4. The number of halogens is 3. The van der Waals surface area contributed by atoms with E-state index in [1.54, 1.807) is 0 Å². The molecule has 0 saturated heterocycles. The van der Waals surface area contributed by atoms with Crippen molar-refractivity contribution in [2.45, 2.75) is 13.1 Å². The largest absolute Gasteiger partial charge is 0.494 e. The first-order valence-corrected chi connectivity index (χ1v) is 2.50. The molecule has 9 heteroatoms. The molecule has 2 N–H and O–H groups in total. The Morgan fingerprint density at radius 2 is 1.46 bits per heavy atom. The maximum absolute atomic E-state index is 10.8. The monoisotopic (exact) mass is 206 g/mol. The van der Waals surface area contributed by atoms with Crippen LogP contribution in [0.25, 0.3) is 0 Å². The molecule has 0 heterocycles. The highest BCUT2D eigenvalue weighted by molar-refractivity contribution is 5.74. The third kappa shape index (κ3) is 10.7. The van der Waals surface area contributed by atoms with Gasteiger partial charge in [-0.15, -0.1) is 0 Å². The predicted octanol–water partition coefficient (Wildman–Crippen LogP) is 0.587. The van der Waals surface area contributed by atoms with Crippen LogP contribution in [-0.2, 0) is 19.4 Å². The van der Waals surface area contributed by atoms with Crippen molar-refractivity contribution in [1.82, 2.24) is 0 Å². The Labute approximate surface area is 69.3 Å². The quantitative estimate of drug-likeness (QED) is 0.445. The lowest BCUT2D eigenvalue weighted by atomic mass is 10.7. The van der Waals surface area contributed by atoms with Crippen LogP contribution in [0.4, 0.5) is 13.2 Å². The third-order valence-electron chi connectivity index (χ3n) is 0.443. The molecule has 0 bridgehead atoms. The lowest BCUT2D eigenvalue weighted by molar-refractivity contribution is -0.272. The molecular formula is C4H5F3O6. The minimum Gasteiger partial charge on any atom is -0.301 e. The topological polar surface area (TPSA) is 93.1 Å². The fourth-order valence-electron chi connectivity index (χ4n) is 0.0518. The summed E-state index contributed by atoms with van der Waals surface area (Å²) in [6.45, 7) is 1.11. The molecule has 0 fully saturated rings. The summed E-state index contributed by atoms with van der Waals surface area (Å²) in [5, 5.41) is 14.4. The normalized spacial score (nSPS) is 9.38. The van der Waals surface area contributed by atoms with Gasteiger partial charge < -0.3 is 4.89 Å². The van der Waals surface area contributed by atoms with Gasteiger partial charge in [0.15, 0.2) is 0 Å². The standard InChI is InChI=1S/C2HF3O3.C2H4O3/c3-2(4,5)1(6)8-7;1-2(3)5-4/h7H;4H,1H3. The van der Waals surface area contributed by atoms with Crippen molar-refractivity contribution in [3.8, 4) is 0 Å². The van der Waals surface area contributed by atoms with E-state index >= 15 is 0 Å². The van der Waals surface area contributed by atoms with Crippen LogP contribution in [0.3, 0.4) is 0 Å². The van der Waals surface area contributed by atoms with Gasteiger partial charge in [-0.25, -0.2) is 9.59 Å². The van der Waals surface area contributed by atoms with Gasteiger partial charge in [0.2, 0.25) is 0 Å². The highest BCUT2D eigenvalue weighted by atomic mass is 19.4. The summed E-state index contributed by atoms with van der Waals surface area (Å²) in [5.74, 6) is -3.30. The molecule has 0 aromatic carbocycles. The number of alkyl halides is 3. The number of carbonyl (C=O) groups excluding carboxylic acids is 2. The summed E-state index contributed by atoms with van der Waals surface area (Å²) in [6.07, 6.45) is -5.10. The zero-order valence-corrected chi connectivity index (χ0v) is 6.16. The Morgan fingerprint density at radius 3 is 1.46 bits per heavy atom. The number of hydrogen-bond donors (Lipinski definition) is 2. The maximum atomic E-state index is 10.8. The molecule has 0 aliphatic heterocycles. The SMILES string of the molecule is CC(=O)OO.O=C(OO)C(F)(F)F. The smallest absolute Gasteiger partial charge is 0.301 e. The van der Waals surface area contributed by atoms with Gasteiger partial charge in [-0.05, 0) is 0 Å². The van der Waals surface area contributed by atoms with Gasteiger partial charge in [-0.3, -0.25) is 4.89 Å². The lowest BCUT2D eigenvalue weighted by Crippen LogP contribution is -2.23. The van der Waals surface area contributed by atoms with Crippen LogP contribution in [0.5, 0.6) is 0 Å². The molecule has 0 atom stereocenters. The van der Waals surface area contributed by atoms with Crippen molar-refractivity contribution in [2.75, 3.05) is 0 Å². The minimum atomic E-state index is -5.10. The van der Waals surface area contributed by atoms with Crippen molar-refractivity contribution >= 4 is 11.9 Å². The van der Waals surface area contributed by atoms with Crippen molar-refractivity contribution < 1.29 is 43.0 Å². The second-order valence-corrected chi connectivity index (χ2v) is 1.46. The second-order valence-electron chi connectivity index (χ2n) is 1.46. The molecule has 0 unspecified atom stereocenters. The third-order valence-corrected chi connectivity index (χ3v) is 0.443. The van der Waals surface area contributed by atoms with Gasteiger partial charge in [0.1, 0.15) is 0 Å². The van der Waals surface area contributed by atoms with E-state index < -0.39 is 18.1 Å². The second kappa shape index (κ2) is 6.20. The zero-order chi connectivity index (χ0) is 11.1. The van der Waals surface area contributed by atoms with E-state index in [0.29, 0.717) is 0 Å². The summed E-state index contributed by atoms with van der Waals surface area (Å²) in [6, 6.07) is 0. The Hall–Kier alpha value is -1.35. The van der Waals surface area contributed by atoms with E-state index in [4.69, 9.17) is 10.5 Å². The van der Waals surface area contributed by atoms with Crippen LogP contribution >= 0.6 is 0 Å². The van der Waals surface area contributed by atoms with Gasteiger partial charge in [-0.1, -0.05) is 0 Å². The van der Waals surface area contributed by atoms with Crippen molar-refractivity contribution in [1.29, 1.82) is 0 Å². The van der Waals surface area contributed by atoms with Gasteiger partial charge >= 0.3 is 18.1 Å². The zero-order valence-electron chi connectivity index (χ0n) is 6.16. The van der Waals surface area contributed by atoms with Crippen LogP contribution in [0.15, 0.2) is 0 Å². The Bertz CT molecular complexity index is 175. The van der Waals surface area contributed by atoms with Crippen molar-refractivity contribution in [3.05, 3.63) is 0 Å². The molecule has 0 saturated carbocycles. The Kier molecular flexibility index (Phi) is 6.76. The van der Waals surface area contributed by atoms with Gasteiger partial charge in [0.25, 0.3) is 0 Å². The predicted molar refractivity (Wildman–Crippen MR) is 29.2 cm³/mol. The molecule has 13 heavy (non-hydrogen) atoms. The molecule has 0 aliphatic rings. The first-order chi connectivity index (χ1) is 5.75. The molecule has 0 amide bonds. The highest BCUT2D eigenvalue weighted by Gasteiger charge is 2.41. The molecule has 0 rings (SSSR count). The first-order valence-electron chi connectivity index (χ1n) is 2.50. The molecule has 0 spiro atoms. The van der Waals surface area contributed by atoms with E-state index in [2.05, 4.69) is 9.78 Å². The molecule has 0 aromatic heterocycles. The average Bonchev–Trinajstić information content (AvgIpc) is 2.02. The van der Waals surface area contributed by atoms with E-state index in [-0.39, 0.29) is 0 Å². The number of hydrogen-bond acceptors (Lipinski definition) is 6. The highest BCUT2D eigenvalue weighted by Crippen LogP contribution is 2.15. The number of rotatable bonds is 0. The maximum Gasteiger partial charge on any atom is 0.494 e. The van der Waals surface area contributed by atoms with Gasteiger partial charge in [0.05, 0.1) is 0 Å². The van der Waals surface area contributed by atoms with Crippen LogP contribution in [0.1, 0.15) is 6.92 Å². The van der Waals surface area contributed by atoms with E-state index in [1.165, 1.54) is 0 Å². The molecular weight excluding hydrogens is 201 g/mol. The molecule has 78 valence electrons. The van der Waals surface area contributed by atoms with Gasteiger partial charge in [0, 0.05) is 6.92 Å². The van der Waals surface area contributed by atoms with E-state index in [0.717, 1.165) is 6.92 Å². The van der Waals surface area contributed by atoms with Gasteiger partial charge in [-0.2, -0.15) is 23.7 Å². The molecule has 6 nitrogen and oxygen atoms in total. The Balaban J connectivity index is 0. The summed E-state index contributed by atoms with van der Waals surface area (Å²) in [7, 11) is 0. The lowest BCUT2D eigenvalue weighted by Gasteiger charge is -1.97. The fraction of sp³-hybridized carbons (Fsp3) is 0.500. The molecule has 0 aromatic rings. The van der Waals surface area contributed by atoms with E-state index in [9.17, 15) is 22.8 Å². The molecule has 0 aliphatic carbocycles. The van der Waals surface area contributed by atoms with Crippen molar-refractivity contribution in [3.63, 3.8) is 0 Å². The van der Waals surface area contributed by atoms with Crippen LogP contribution in [0, 0.1) is 0 Å². The fourth-order valence-corrected chi connectivity index (χ4v) is 0.0518. The van der Waals surface area contributed by atoms with E-state index in [1.807, 2.05) is 0 Å². The summed E-state index contributed by atoms with van der Waals surface area (Å²) in [5.41, 5.74) is 0. The minimum absolute atomic E-state index is 0.690. The van der Waals surface area contributed by atoms with Crippen LogP contribution < -0.4 is 0 Å². The molecule has 0 radical (unpaired) electrons. The van der Waals surface area contributed by atoms with Crippen LogP contribution in [0.2, 0.25) is 0 Å². The number of carbonyl (C=O) groups is 2. The van der Waals surface area contributed by atoms with Crippen LogP contribution in [-0.4, -0.2) is 28.6 Å². The Morgan fingerprint density at radius 1 is 1.15 bits per heavy atom. The average molecular weight is 206 g/mol. The summed E-state index contributed by atoms with van der Waals surface area (Å²) in [4.78, 5) is 24.0. The van der Waals surface area contributed by atoms with Crippen molar-refractivity contribution in [2.24, 2.45) is 0 Å². The summed E-state index contributed by atoms with van der Waals surface area (Å²) >= 11 is 0. The first kappa shape index (κ1) is 14.2.